The van der Waals surface area contributed by atoms with Crippen LogP contribution in [0.3, 0.4) is 0 Å². The Morgan fingerprint density at radius 1 is 1.32 bits per heavy atom. The van der Waals surface area contributed by atoms with Gasteiger partial charge in [-0.05, 0) is 5.56 Å². The van der Waals surface area contributed by atoms with Gasteiger partial charge in [0.25, 0.3) is 0 Å². The van der Waals surface area contributed by atoms with Gasteiger partial charge in [-0.25, -0.2) is 8.42 Å². The largest absolute Gasteiger partial charge is 0.480 e. The number of morpholine rings is 1. The number of hydrogen-bond acceptors (Lipinski definition) is 6. The van der Waals surface area contributed by atoms with E-state index in [1.165, 1.54) is 0 Å². The predicted molar refractivity (Wildman–Crippen MR) is 106 cm³/mol. The Hall–Kier alpha value is -1.72. The van der Waals surface area contributed by atoms with Crippen molar-refractivity contribution in [2.45, 2.75) is 12.6 Å². The van der Waals surface area contributed by atoms with Crippen LogP contribution in [0.5, 0.6) is 0 Å². The summed E-state index contributed by atoms with van der Waals surface area (Å²) < 4.78 is 29.9. The predicted octanol–water partition coefficient (Wildman–Crippen LogP) is -0.228. The number of sulfonamides is 1. The van der Waals surface area contributed by atoms with Crippen molar-refractivity contribution in [2.75, 3.05) is 45.6 Å². The van der Waals surface area contributed by atoms with E-state index in [9.17, 15) is 18.0 Å². The summed E-state index contributed by atoms with van der Waals surface area (Å²) in [6, 6.07) is 9.56. The SMILES string of the molecule is CS(=O)(=O)N(CC(=O)O)CC1CN(CC(=O)NCc2ccccc2)CCO1.Cl. The van der Waals surface area contributed by atoms with Crippen molar-refractivity contribution in [2.24, 2.45) is 0 Å². The van der Waals surface area contributed by atoms with Crippen LogP contribution in [0.15, 0.2) is 30.3 Å². The van der Waals surface area contributed by atoms with E-state index in [1.807, 2.05) is 35.2 Å². The Balaban J connectivity index is 0.00000392. The molecule has 9 nitrogen and oxygen atoms in total. The number of nitrogens with zero attached hydrogens (tertiary/aromatic N) is 2. The van der Waals surface area contributed by atoms with E-state index in [-0.39, 0.29) is 31.4 Å². The number of ether oxygens (including phenoxy) is 1. The third kappa shape index (κ3) is 8.53. The molecule has 0 aliphatic carbocycles. The summed E-state index contributed by atoms with van der Waals surface area (Å²) in [5.74, 6) is -1.36. The van der Waals surface area contributed by atoms with Gasteiger partial charge in [0.05, 0.1) is 25.5 Å². The Morgan fingerprint density at radius 3 is 2.61 bits per heavy atom. The van der Waals surface area contributed by atoms with E-state index >= 15 is 0 Å². The molecule has 0 saturated carbocycles. The van der Waals surface area contributed by atoms with Crippen LogP contribution < -0.4 is 5.32 Å². The molecule has 2 rings (SSSR count). The summed E-state index contributed by atoms with van der Waals surface area (Å²) in [5, 5.41) is 11.7. The molecule has 2 N–H and O–H groups in total. The van der Waals surface area contributed by atoms with Gasteiger partial charge in [0, 0.05) is 26.2 Å². The zero-order valence-corrected chi connectivity index (χ0v) is 17.2. The second-order valence-electron chi connectivity index (χ2n) is 6.44. The molecule has 0 spiro atoms. The number of rotatable bonds is 9. The van der Waals surface area contributed by atoms with Crippen LogP contribution in [0.4, 0.5) is 0 Å². The van der Waals surface area contributed by atoms with Gasteiger partial charge in [-0.1, -0.05) is 30.3 Å². The molecule has 1 atom stereocenters. The number of carbonyl (C=O) groups excluding carboxylic acids is 1. The van der Waals surface area contributed by atoms with Crippen LogP contribution in [0.25, 0.3) is 0 Å². The van der Waals surface area contributed by atoms with E-state index in [0.717, 1.165) is 16.1 Å². The highest BCUT2D eigenvalue weighted by molar-refractivity contribution is 7.88. The summed E-state index contributed by atoms with van der Waals surface area (Å²) in [7, 11) is -3.66. The first kappa shape index (κ1) is 24.3. The van der Waals surface area contributed by atoms with Crippen LogP contribution in [0.2, 0.25) is 0 Å². The molecule has 1 aromatic carbocycles. The molecular formula is C17H26ClN3O6S. The number of benzene rings is 1. The summed E-state index contributed by atoms with van der Waals surface area (Å²) >= 11 is 0. The lowest BCUT2D eigenvalue weighted by Gasteiger charge is -2.34. The third-order valence-electron chi connectivity index (χ3n) is 4.11. The van der Waals surface area contributed by atoms with Crippen molar-refractivity contribution < 1.29 is 27.9 Å². The first-order valence-corrected chi connectivity index (χ1v) is 10.4. The van der Waals surface area contributed by atoms with Crippen LogP contribution >= 0.6 is 12.4 Å². The summed E-state index contributed by atoms with van der Waals surface area (Å²) in [5.41, 5.74) is 1.00. The molecule has 0 bridgehead atoms. The van der Waals surface area contributed by atoms with Crippen molar-refractivity contribution in [1.29, 1.82) is 0 Å². The van der Waals surface area contributed by atoms with Gasteiger partial charge in [-0.15, -0.1) is 12.4 Å². The number of amides is 1. The molecule has 11 heteroatoms. The Kier molecular flexibility index (Phi) is 9.83. The molecular weight excluding hydrogens is 410 g/mol. The highest BCUT2D eigenvalue weighted by Crippen LogP contribution is 2.09. The van der Waals surface area contributed by atoms with E-state index in [2.05, 4.69) is 5.32 Å². The first-order chi connectivity index (χ1) is 12.7. The van der Waals surface area contributed by atoms with Gasteiger partial charge >= 0.3 is 5.97 Å². The molecule has 1 unspecified atom stereocenters. The van der Waals surface area contributed by atoms with Crippen LogP contribution in [0, 0.1) is 0 Å². The van der Waals surface area contributed by atoms with Gasteiger partial charge in [-0.3, -0.25) is 14.5 Å². The van der Waals surface area contributed by atoms with Crippen molar-refractivity contribution >= 4 is 34.3 Å². The first-order valence-electron chi connectivity index (χ1n) is 8.55. The van der Waals surface area contributed by atoms with Crippen LogP contribution in [-0.2, 0) is 30.9 Å². The number of halogens is 1. The monoisotopic (exact) mass is 435 g/mol. The molecule has 1 heterocycles. The molecule has 1 saturated heterocycles. The molecule has 158 valence electrons. The molecule has 1 amide bonds. The second kappa shape index (κ2) is 11.3. The van der Waals surface area contributed by atoms with Gasteiger partial charge in [0.2, 0.25) is 15.9 Å². The molecule has 1 aliphatic heterocycles. The fourth-order valence-electron chi connectivity index (χ4n) is 2.79. The summed E-state index contributed by atoms with van der Waals surface area (Å²) in [4.78, 5) is 24.9. The minimum Gasteiger partial charge on any atom is -0.480 e. The number of carboxylic acids is 1. The molecule has 0 aromatic heterocycles. The molecule has 1 aromatic rings. The van der Waals surface area contributed by atoms with Crippen LogP contribution in [0.1, 0.15) is 5.56 Å². The van der Waals surface area contributed by atoms with Gasteiger partial charge in [-0.2, -0.15) is 4.31 Å². The quantitative estimate of drug-likeness (QED) is 0.550. The van der Waals surface area contributed by atoms with Crippen molar-refractivity contribution in [3.8, 4) is 0 Å². The highest BCUT2D eigenvalue weighted by Gasteiger charge is 2.28. The average Bonchev–Trinajstić information content (AvgIpc) is 2.59. The average molecular weight is 436 g/mol. The Morgan fingerprint density at radius 2 is 2.00 bits per heavy atom. The Bertz CT molecular complexity index is 747. The zero-order chi connectivity index (χ0) is 19.9. The number of hydrogen-bond donors (Lipinski definition) is 2. The lowest BCUT2D eigenvalue weighted by molar-refractivity contribution is -0.137. The minimum absolute atomic E-state index is 0. The van der Waals surface area contributed by atoms with Crippen molar-refractivity contribution in [3.05, 3.63) is 35.9 Å². The lowest BCUT2D eigenvalue weighted by Crippen LogP contribution is -2.51. The van der Waals surface area contributed by atoms with Crippen molar-refractivity contribution in [3.63, 3.8) is 0 Å². The molecule has 28 heavy (non-hydrogen) atoms. The number of aliphatic carboxylic acids is 1. The molecule has 0 radical (unpaired) electrons. The zero-order valence-electron chi connectivity index (χ0n) is 15.6. The van der Waals surface area contributed by atoms with Gasteiger partial charge < -0.3 is 15.2 Å². The fourth-order valence-corrected chi connectivity index (χ4v) is 3.57. The Labute approximate surface area is 171 Å². The van der Waals surface area contributed by atoms with Crippen molar-refractivity contribution in [1.82, 2.24) is 14.5 Å². The van der Waals surface area contributed by atoms with E-state index < -0.39 is 28.6 Å². The maximum absolute atomic E-state index is 12.1. The summed E-state index contributed by atoms with van der Waals surface area (Å²) in [6.07, 6.45) is 0.475. The molecule has 1 fully saturated rings. The van der Waals surface area contributed by atoms with E-state index in [0.29, 0.717) is 26.2 Å². The third-order valence-corrected chi connectivity index (χ3v) is 5.33. The number of carbonyl (C=O) groups is 2. The fraction of sp³-hybridized carbons (Fsp3) is 0.529. The molecule has 1 aliphatic rings. The summed E-state index contributed by atoms with van der Waals surface area (Å²) in [6.45, 7) is 1.18. The topological polar surface area (TPSA) is 116 Å². The normalized spacial score (nSPS) is 17.7. The lowest BCUT2D eigenvalue weighted by atomic mass is 10.2. The minimum atomic E-state index is -3.66. The van der Waals surface area contributed by atoms with Crippen LogP contribution in [-0.4, -0.2) is 86.3 Å². The second-order valence-corrected chi connectivity index (χ2v) is 8.42. The maximum Gasteiger partial charge on any atom is 0.318 e. The smallest absolute Gasteiger partial charge is 0.318 e. The van der Waals surface area contributed by atoms with E-state index in [4.69, 9.17) is 9.84 Å². The maximum atomic E-state index is 12.1. The number of carboxylic acid groups (broad SMARTS) is 1. The standard InChI is InChI=1S/C17H25N3O6S.ClH/c1-27(24,25)20(13-17(22)23)11-15-10-19(7-8-26-15)12-16(21)18-9-14-5-3-2-4-6-14;/h2-6,15H,7-13H2,1H3,(H,18,21)(H,22,23);1H. The number of nitrogens with one attached hydrogen (secondary N) is 1. The van der Waals surface area contributed by atoms with Gasteiger partial charge in [0.15, 0.2) is 0 Å². The van der Waals surface area contributed by atoms with E-state index in [1.54, 1.807) is 0 Å². The highest BCUT2D eigenvalue weighted by atomic mass is 35.5. The van der Waals surface area contributed by atoms with Gasteiger partial charge in [0.1, 0.15) is 6.54 Å².